The maximum absolute atomic E-state index is 12.2. The zero-order valence-corrected chi connectivity index (χ0v) is 11.2. The largest absolute Gasteiger partial charge is 0.298 e. The number of carbonyl (C=O) groups excluding carboxylic acids is 1. The van der Waals surface area contributed by atoms with Crippen LogP contribution in [0.1, 0.15) is 44.9 Å². The molecule has 0 aliphatic carbocycles. The molecular formula is C15H24N2O. The highest BCUT2D eigenvalue weighted by Gasteiger charge is 2.48. The van der Waals surface area contributed by atoms with E-state index in [2.05, 4.69) is 9.80 Å². The summed E-state index contributed by atoms with van der Waals surface area (Å²) in [5, 5.41) is 0. The molecule has 0 saturated carbocycles. The van der Waals surface area contributed by atoms with Crippen LogP contribution in [-0.2, 0) is 4.79 Å². The summed E-state index contributed by atoms with van der Waals surface area (Å²) < 4.78 is 0. The quantitative estimate of drug-likeness (QED) is 0.651. The second-order valence-corrected chi connectivity index (χ2v) is 6.77. The van der Waals surface area contributed by atoms with Gasteiger partial charge in [0.05, 0.1) is 6.04 Å². The lowest BCUT2D eigenvalue weighted by Crippen LogP contribution is -2.53. The maximum atomic E-state index is 12.2. The third-order valence-corrected chi connectivity index (χ3v) is 5.83. The Bertz CT molecular complexity index is 356. The first-order chi connectivity index (χ1) is 8.83. The maximum Gasteiger partial charge on any atom is 0.150 e. The Morgan fingerprint density at radius 1 is 1.06 bits per heavy atom. The first-order valence-corrected chi connectivity index (χ1v) is 7.85. The van der Waals surface area contributed by atoms with Crippen molar-refractivity contribution in [2.24, 2.45) is 5.92 Å². The van der Waals surface area contributed by atoms with E-state index >= 15 is 0 Å². The second kappa shape index (κ2) is 4.31. The molecule has 4 unspecified atom stereocenters. The highest BCUT2D eigenvalue weighted by molar-refractivity contribution is 5.84. The highest BCUT2D eigenvalue weighted by atomic mass is 16.1. The lowest BCUT2D eigenvalue weighted by molar-refractivity contribution is -0.128. The summed E-state index contributed by atoms with van der Waals surface area (Å²) >= 11 is 0. The van der Waals surface area contributed by atoms with Crippen molar-refractivity contribution in [2.45, 2.75) is 63.1 Å². The molecule has 100 valence electrons. The van der Waals surface area contributed by atoms with Gasteiger partial charge in [0, 0.05) is 25.0 Å². The van der Waals surface area contributed by atoms with Gasteiger partial charge in [0.1, 0.15) is 5.78 Å². The lowest BCUT2D eigenvalue weighted by Gasteiger charge is -2.43. The predicted molar refractivity (Wildman–Crippen MR) is 70.5 cm³/mol. The van der Waals surface area contributed by atoms with E-state index in [1.807, 2.05) is 0 Å². The summed E-state index contributed by atoms with van der Waals surface area (Å²) in [4.78, 5) is 17.5. The molecule has 4 atom stereocenters. The number of Topliss-reactive ketones (excluding diaryl/α,β-unsaturated/α-hetero) is 1. The fourth-order valence-electron chi connectivity index (χ4n) is 5.05. The fourth-order valence-corrected chi connectivity index (χ4v) is 5.05. The van der Waals surface area contributed by atoms with Crippen molar-refractivity contribution in [1.29, 1.82) is 0 Å². The minimum absolute atomic E-state index is 0.275. The third-order valence-electron chi connectivity index (χ3n) is 5.83. The molecule has 0 aromatic carbocycles. The van der Waals surface area contributed by atoms with Gasteiger partial charge >= 0.3 is 0 Å². The molecule has 4 aliphatic heterocycles. The van der Waals surface area contributed by atoms with Crippen molar-refractivity contribution in [3.05, 3.63) is 0 Å². The second-order valence-electron chi connectivity index (χ2n) is 6.77. The van der Waals surface area contributed by atoms with Gasteiger partial charge in [-0.2, -0.15) is 0 Å². The van der Waals surface area contributed by atoms with Gasteiger partial charge in [0.2, 0.25) is 0 Å². The molecule has 0 radical (unpaired) electrons. The monoisotopic (exact) mass is 248 g/mol. The van der Waals surface area contributed by atoms with Crippen molar-refractivity contribution < 1.29 is 4.79 Å². The minimum Gasteiger partial charge on any atom is -0.298 e. The Labute approximate surface area is 110 Å². The van der Waals surface area contributed by atoms with Crippen LogP contribution in [0.15, 0.2) is 0 Å². The van der Waals surface area contributed by atoms with Gasteiger partial charge in [-0.25, -0.2) is 0 Å². The van der Waals surface area contributed by atoms with Gasteiger partial charge < -0.3 is 0 Å². The van der Waals surface area contributed by atoms with Crippen LogP contribution in [0.25, 0.3) is 0 Å². The van der Waals surface area contributed by atoms with E-state index < -0.39 is 0 Å². The molecule has 4 fully saturated rings. The normalized spacial score (nSPS) is 45.4. The predicted octanol–water partition coefficient (Wildman–Crippen LogP) is 1.67. The van der Waals surface area contributed by atoms with Crippen LogP contribution < -0.4 is 0 Å². The zero-order valence-electron chi connectivity index (χ0n) is 11.2. The van der Waals surface area contributed by atoms with Gasteiger partial charge in [-0.1, -0.05) is 6.42 Å². The Morgan fingerprint density at radius 3 is 2.94 bits per heavy atom. The van der Waals surface area contributed by atoms with E-state index in [4.69, 9.17) is 0 Å². The summed E-state index contributed by atoms with van der Waals surface area (Å²) in [6.07, 6.45) is 8.64. The summed E-state index contributed by atoms with van der Waals surface area (Å²) in [5.74, 6) is 1.38. The van der Waals surface area contributed by atoms with Crippen LogP contribution in [0, 0.1) is 5.92 Å². The number of carbonyl (C=O) groups is 1. The molecule has 0 aromatic heterocycles. The van der Waals surface area contributed by atoms with E-state index in [1.54, 1.807) is 0 Å². The Kier molecular flexibility index (Phi) is 2.73. The fraction of sp³-hybridized carbons (Fsp3) is 0.933. The van der Waals surface area contributed by atoms with Crippen molar-refractivity contribution >= 4 is 5.78 Å². The van der Waals surface area contributed by atoms with Gasteiger partial charge in [-0.3, -0.25) is 14.6 Å². The summed E-state index contributed by atoms with van der Waals surface area (Å²) in [6.45, 7) is 3.67. The first kappa shape index (κ1) is 11.4. The molecule has 0 aromatic rings. The number of piperidine rings is 2. The molecule has 3 heteroatoms. The van der Waals surface area contributed by atoms with Gasteiger partial charge in [0.25, 0.3) is 0 Å². The van der Waals surface area contributed by atoms with Crippen molar-refractivity contribution in [1.82, 2.24) is 9.80 Å². The van der Waals surface area contributed by atoms with Crippen LogP contribution in [0.2, 0.25) is 0 Å². The zero-order chi connectivity index (χ0) is 12.1. The van der Waals surface area contributed by atoms with E-state index in [1.165, 1.54) is 45.3 Å². The summed E-state index contributed by atoms with van der Waals surface area (Å²) in [7, 11) is 0. The van der Waals surface area contributed by atoms with E-state index in [-0.39, 0.29) is 6.04 Å². The van der Waals surface area contributed by atoms with Gasteiger partial charge in [0.15, 0.2) is 0 Å². The molecule has 3 nitrogen and oxygen atoms in total. The molecule has 0 N–H and O–H groups in total. The topological polar surface area (TPSA) is 23.6 Å². The molecule has 0 spiro atoms. The standard InChI is InChI=1S/C15H24N2O/c18-15-5-3-6-16-10-11-8-12(9-14(15)16)17-7-2-1-4-13(11)17/h11-14H,1-10H2. The third kappa shape index (κ3) is 1.67. The Balaban J connectivity index is 1.60. The van der Waals surface area contributed by atoms with Crippen molar-refractivity contribution in [2.75, 3.05) is 19.6 Å². The van der Waals surface area contributed by atoms with Crippen LogP contribution in [-0.4, -0.2) is 53.3 Å². The number of ketones is 1. The average Bonchev–Trinajstić information content (AvgIpc) is 2.59. The van der Waals surface area contributed by atoms with Crippen LogP contribution in [0.3, 0.4) is 0 Å². The lowest BCUT2D eigenvalue weighted by atomic mass is 9.91. The number of hydrogen-bond donors (Lipinski definition) is 0. The molecule has 0 amide bonds. The van der Waals surface area contributed by atoms with E-state index in [0.29, 0.717) is 5.78 Å². The summed E-state index contributed by atoms with van der Waals surface area (Å²) in [6, 6.07) is 1.84. The van der Waals surface area contributed by atoms with E-state index in [0.717, 1.165) is 37.3 Å². The molecule has 4 aliphatic rings. The summed E-state index contributed by atoms with van der Waals surface area (Å²) in [5.41, 5.74) is 0. The number of rotatable bonds is 0. The first-order valence-electron chi connectivity index (χ1n) is 7.85. The SMILES string of the molecule is O=C1CCCN2CC3CC(CC12)N1CCCCC31. The van der Waals surface area contributed by atoms with Crippen LogP contribution in [0.5, 0.6) is 0 Å². The van der Waals surface area contributed by atoms with Crippen molar-refractivity contribution in [3.63, 3.8) is 0 Å². The van der Waals surface area contributed by atoms with Crippen molar-refractivity contribution in [3.8, 4) is 0 Å². The van der Waals surface area contributed by atoms with E-state index in [9.17, 15) is 4.79 Å². The Morgan fingerprint density at radius 2 is 2.00 bits per heavy atom. The molecular weight excluding hydrogens is 224 g/mol. The molecule has 18 heavy (non-hydrogen) atoms. The highest BCUT2D eigenvalue weighted by Crippen LogP contribution is 2.42. The number of fused-ring (bicyclic) bond motifs is 6. The van der Waals surface area contributed by atoms with Crippen LogP contribution >= 0.6 is 0 Å². The molecule has 4 heterocycles. The smallest absolute Gasteiger partial charge is 0.150 e. The van der Waals surface area contributed by atoms with Gasteiger partial charge in [-0.05, 0) is 51.1 Å². The number of hydrogen-bond acceptors (Lipinski definition) is 3. The average molecular weight is 248 g/mol. The minimum atomic E-state index is 0.275. The van der Waals surface area contributed by atoms with Crippen LogP contribution in [0.4, 0.5) is 0 Å². The Hall–Kier alpha value is -0.410. The molecule has 4 rings (SSSR count). The number of nitrogens with zero attached hydrogens (tertiary/aromatic N) is 2. The van der Waals surface area contributed by atoms with Gasteiger partial charge in [-0.15, -0.1) is 0 Å². The molecule has 2 bridgehead atoms. The molecule has 4 saturated heterocycles.